The number of nitrogens with zero attached hydrogens (tertiary/aromatic N) is 1. The molecule has 0 aromatic heterocycles. The average Bonchev–Trinajstić information content (AvgIpc) is 2.41. The second-order valence-corrected chi connectivity index (χ2v) is 5.63. The summed E-state index contributed by atoms with van der Waals surface area (Å²) in [7, 11) is 0. The SMILES string of the molecule is CC[C@@H](N)c1ccccc1N1CCCC(C)C1C. The topological polar surface area (TPSA) is 29.3 Å². The number of hydrogen-bond donors (Lipinski definition) is 1. The quantitative estimate of drug-likeness (QED) is 0.880. The lowest BCUT2D eigenvalue weighted by Crippen LogP contribution is -2.43. The Balaban J connectivity index is 2.32. The van der Waals surface area contributed by atoms with Crippen molar-refractivity contribution in [1.29, 1.82) is 0 Å². The van der Waals surface area contributed by atoms with Crippen LogP contribution >= 0.6 is 0 Å². The van der Waals surface area contributed by atoms with Crippen LogP contribution in [-0.2, 0) is 0 Å². The molecule has 0 aliphatic carbocycles. The summed E-state index contributed by atoms with van der Waals surface area (Å²) in [4.78, 5) is 2.55. The van der Waals surface area contributed by atoms with Crippen LogP contribution in [0.1, 0.15) is 51.6 Å². The van der Waals surface area contributed by atoms with Crippen molar-refractivity contribution >= 4 is 5.69 Å². The average molecular weight is 246 g/mol. The van der Waals surface area contributed by atoms with Crippen molar-refractivity contribution in [2.24, 2.45) is 11.7 Å². The van der Waals surface area contributed by atoms with Crippen molar-refractivity contribution in [3.8, 4) is 0 Å². The van der Waals surface area contributed by atoms with Crippen LogP contribution in [0.25, 0.3) is 0 Å². The number of benzene rings is 1. The maximum Gasteiger partial charge on any atom is 0.0417 e. The van der Waals surface area contributed by atoms with Gasteiger partial charge in [0.25, 0.3) is 0 Å². The molecule has 0 bridgehead atoms. The fourth-order valence-electron chi connectivity index (χ4n) is 2.96. The zero-order valence-electron chi connectivity index (χ0n) is 11.9. The van der Waals surface area contributed by atoms with E-state index in [2.05, 4.69) is 49.9 Å². The van der Waals surface area contributed by atoms with E-state index in [1.807, 2.05) is 0 Å². The molecule has 3 atom stereocenters. The number of hydrogen-bond acceptors (Lipinski definition) is 2. The van der Waals surface area contributed by atoms with Crippen molar-refractivity contribution in [1.82, 2.24) is 0 Å². The standard InChI is InChI=1S/C16H26N2/c1-4-15(17)14-9-5-6-10-16(14)18-11-7-8-12(2)13(18)3/h5-6,9-10,12-13,15H,4,7-8,11,17H2,1-3H3/t12?,13?,15-/m1/s1. The third-order valence-electron chi connectivity index (χ3n) is 4.46. The predicted octanol–water partition coefficient (Wildman–Crippen LogP) is 3.72. The van der Waals surface area contributed by atoms with Gasteiger partial charge in [-0.1, -0.05) is 32.0 Å². The summed E-state index contributed by atoms with van der Waals surface area (Å²) in [5, 5.41) is 0. The summed E-state index contributed by atoms with van der Waals surface area (Å²) in [6.07, 6.45) is 3.63. The number of rotatable bonds is 3. The van der Waals surface area contributed by atoms with Gasteiger partial charge in [-0.15, -0.1) is 0 Å². The molecule has 2 N–H and O–H groups in total. The number of nitrogens with two attached hydrogens (primary N) is 1. The zero-order valence-corrected chi connectivity index (χ0v) is 11.9. The normalized spacial score (nSPS) is 26.1. The number of para-hydroxylation sites is 1. The Kier molecular flexibility index (Phi) is 4.28. The van der Waals surface area contributed by atoms with E-state index < -0.39 is 0 Å². The first-order valence-corrected chi connectivity index (χ1v) is 7.26. The Labute approximate surface area is 111 Å². The fourth-order valence-corrected chi connectivity index (χ4v) is 2.96. The maximum absolute atomic E-state index is 6.26. The lowest BCUT2D eigenvalue weighted by Gasteiger charge is -2.41. The van der Waals surface area contributed by atoms with Crippen molar-refractivity contribution in [3.05, 3.63) is 29.8 Å². The highest BCUT2D eigenvalue weighted by Crippen LogP contribution is 2.33. The predicted molar refractivity (Wildman–Crippen MR) is 78.9 cm³/mol. The van der Waals surface area contributed by atoms with Crippen LogP contribution in [0, 0.1) is 5.92 Å². The van der Waals surface area contributed by atoms with E-state index in [9.17, 15) is 0 Å². The summed E-state index contributed by atoms with van der Waals surface area (Å²) < 4.78 is 0. The van der Waals surface area contributed by atoms with E-state index in [0.29, 0.717) is 6.04 Å². The van der Waals surface area contributed by atoms with Crippen molar-refractivity contribution in [3.63, 3.8) is 0 Å². The number of piperidine rings is 1. The van der Waals surface area contributed by atoms with E-state index in [-0.39, 0.29) is 6.04 Å². The molecule has 0 radical (unpaired) electrons. The lowest BCUT2D eigenvalue weighted by molar-refractivity contribution is 0.362. The van der Waals surface area contributed by atoms with Crippen LogP contribution in [0.2, 0.25) is 0 Å². The first-order valence-electron chi connectivity index (χ1n) is 7.26. The minimum absolute atomic E-state index is 0.158. The lowest BCUT2D eigenvalue weighted by atomic mass is 9.90. The molecule has 1 aromatic rings. The molecule has 1 aliphatic rings. The van der Waals surface area contributed by atoms with Gasteiger partial charge in [0.2, 0.25) is 0 Å². The molecule has 0 saturated carbocycles. The summed E-state index contributed by atoms with van der Waals surface area (Å²) in [6.45, 7) is 8.03. The molecule has 2 heteroatoms. The second-order valence-electron chi connectivity index (χ2n) is 5.63. The van der Waals surface area contributed by atoms with Crippen LogP contribution in [0.5, 0.6) is 0 Å². The van der Waals surface area contributed by atoms with Gasteiger partial charge in [0.05, 0.1) is 0 Å². The van der Waals surface area contributed by atoms with Gasteiger partial charge in [0.1, 0.15) is 0 Å². The monoisotopic (exact) mass is 246 g/mol. The van der Waals surface area contributed by atoms with Gasteiger partial charge in [-0.05, 0) is 43.7 Å². The molecule has 2 rings (SSSR count). The van der Waals surface area contributed by atoms with E-state index >= 15 is 0 Å². The van der Waals surface area contributed by atoms with Gasteiger partial charge < -0.3 is 10.6 Å². The van der Waals surface area contributed by atoms with Crippen LogP contribution in [0.4, 0.5) is 5.69 Å². The molecule has 0 spiro atoms. The minimum atomic E-state index is 0.158. The van der Waals surface area contributed by atoms with E-state index in [0.717, 1.165) is 12.3 Å². The third kappa shape index (κ3) is 2.54. The molecule has 2 nitrogen and oxygen atoms in total. The van der Waals surface area contributed by atoms with Crippen LogP contribution in [0.3, 0.4) is 0 Å². The highest BCUT2D eigenvalue weighted by molar-refractivity contribution is 5.56. The van der Waals surface area contributed by atoms with Gasteiger partial charge in [0, 0.05) is 24.3 Å². The molecule has 1 aromatic carbocycles. The number of anilines is 1. The van der Waals surface area contributed by atoms with E-state index in [4.69, 9.17) is 5.73 Å². The Morgan fingerprint density at radius 3 is 2.78 bits per heavy atom. The molecule has 2 unspecified atom stereocenters. The van der Waals surface area contributed by atoms with Gasteiger partial charge >= 0.3 is 0 Å². The molecule has 1 heterocycles. The highest BCUT2D eigenvalue weighted by Gasteiger charge is 2.26. The van der Waals surface area contributed by atoms with Crippen LogP contribution < -0.4 is 10.6 Å². The molecule has 100 valence electrons. The van der Waals surface area contributed by atoms with Crippen molar-refractivity contribution in [2.75, 3.05) is 11.4 Å². The Hall–Kier alpha value is -1.02. The minimum Gasteiger partial charge on any atom is -0.368 e. The molecular weight excluding hydrogens is 220 g/mol. The van der Waals surface area contributed by atoms with E-state index in [1.54, 1.807) is 0 Å². The van der Waals surface area contributed by atoms with Crippen LogP contribution in [0.15, 0.2) is 24.3 Å². The molecule has 0 amide bonds. The maximum atomic E-state index is 6.26. The summed E-state index contributed by atoms with van der Waals surface area (Å²) in [5.74, 6) is 0.768. The smallest absolute Gasteiger partial charge is 0.0417 e. The van der Waals surface area contributed by atoms with Gasteiger partial charge in [0.15, 0.2) is 0 Å². The first kappa shape index (κ1) is 13.4. The van der Waals surface area contributed by atoms with Gasteiger partial charge in [-0.25, -0.2) is 0 Å². The zero-order chi connectivity index (χ0) is 13.1. The summed E-state index contributed by atoms with van der Waals surface area (Å²) >= 11 is 0. The Morgan fingerprint density at radius 2 is 2.06 bits per heavy atom. The fraction of sp³-hybridized carbons (Fsp3) is 0.625. The van der Waals surface area contributed by atoms with Crippen LogP contribution in [-0.4, -0.2) is 12.6 Å². The van der Waals surface area contributed by atoms with Crippen molar-refractivity contribution < 1.29 is 0 Å². The molecule has 1 saturated heterocycles. The summed E-state index contributed by atoms with van der Waals surface area (Å²) in [6, 6.07) is 9.43. The molecule has 18 heavy (non-hydrogen) atoms. The highest BCUT2D eigenvalue weighted by atomic mass is 15.2. The van der Waals surface area contributed by atoms with Gasteiger partial charge in [-0.2, -0.15) is 0 Å². The molecule has 1 fully saturated rings. The molecular formula is C16H26N2. The van der Waals surface area contributed by atoms with Gasteiger partial charge in [-0.3, -0.25) is 0 Å². The first-order chi connectivity index (χ1) is 8.65. The largest absolute Gasteiger partial charge is 0.368 e. The Bertz CT molecular complexity index is 388. The van der Waals surface area contributed by atoms with E-state index in [1.165, 1.54) is 30.6 Å². The second kappa shape index (κ2) is 5.75. The Morgan fingerprint density at radius 1 is 1.33 bits per heavy atom. The molecule has 1 aliphatic heterocycles. The summed E-state index contributed by atoms with van der Waals surface area (Å²) in [5.41, 5.74) is 8.91. The third-order valence-corrected chi connectivity index (χ3v) is 4.46. The van der Waals surface area contributed by atoms with Crippen molar-refractivity contribution in [2.45, 2.75) is 52.1 Å².